The smallest absolute Gasteiger partial charge is 0.271 e. The molecule has 132 valence electrons. The van der Waals surface area contributed by atoms with E-state index in [4.69, 9.17) is 14.2 Å². The van der Waals surface area contributed by atoms with Crippen molar-refractivity contribution < 1.29 is 19.0 Å². The monoisotopic (exact) mass is 342 g/mol. The summed E-state index contributed by atoms with van der Waals surface area (Å²) < 4.78 is 15.8. The fourth-order valence-corrected chi connectivity index (χ4v) is 2.08. The highest BCUT2D eigenvalue weighted by Gasteiger charge is 2.09. The lowest BCUT2D eigenvalue weighted by molar-refractivity contribution is 0.0954. The van der Waals surface area contributed by atoms with Gasteiger partial charge in [-0.15, -0.1) is 0 Å². The van der Waals surface area contributed by atoms with Crippen LogP contribution in [0, 0.1) is 0 Å². The summed E-state index contributed by atoms with van der Waals surface area (Å²) in [6.45, 7) is 2.75. The van der Waals surface area contributed by atoms with Gasteiger partial charge >= 0.3 is 0 Å². The minimum absolute atomic E-state index is 0.333. The summed E-state index contributed by atoms with van der Waals surface area (Å²) in [5.41, 5.74) is 3.77. The van der Waals surface area contributed by atoms with Crippen LogP contribution in [0.2, 0.25) is 0 Å². The van der Waals surface area contributed by atoms with Crippen molar-refractivity contribution in [2.24, 2.45) is 5.10 Å². The van der Waals surface area contributed by atoms with Gasteiger partial charge in [-0.25, -0.2) is 5.43 Å². The molecule has 0 unspecified atom stereocenters. The fraction of sp³-hybridized carbons (Fsp3) is 0.263. The third-order valence-corrected chi connectivity index (χ3v) is 3.38. The predicted molar refractivity (Wildman–Crippen MR) is 96.8 cm³/mol. The summed E-state index contributed by atoms with van der Waals surface area (Å²) in [5, 5.41) is 3.97. The van der Waals surface area contributed by atoms with Crippen LogP contribution in [-0.2, 0) is 0 Å². The Hall–Kier alpha value is -3.02. The summed E-state index contributed by atoms with van der Waals surface area (Å²) in [4.78, 5) is 12.1. The van der Waals surface area contributed by atoms with Crippen molar-refractivity contribution >= 4 is 12.1 Å². The van der Waals surface area contributed by atoms with Crippen LogP contribution in [0.25, 0.3) is 0 Å². The number of amides is 1. The molecule has 2 aromatic rings. The van der Waals surface area contributed by atoms with Crippen molar-refractivity contribution in [2.75, 3.05) is 20.8 Å². The van der Waals surface area contributed by atoms with Crippen LogP contribution in [-0.4, -0.2) is 32.9 Å². The van der Waals surface area contributed by atoms with Crippen molar-refractivity contribution in [1.82, 2.24) is 5.43 Å². The van der Waals surface area contributed by atoms with Crippen molar-refractivity contribution in [3.63, 3.8) is 0 Å². The number of carbonyl (C=O) groups is 1. The van der Waals surface area contributed by atoms with E-state index in [1.807, 2.05) is 24.3 Å². The first-order valence-corrected chi connectivity index (χ1v) is 7.96. The Bertz CT molecular complexity index is 727. The normalized spacial score (nSPS) is 10.5. The Labute approximate surface area is 147 Å². The average Bonchev–Trinajstić information content (AvgIpc) is 2.66. The maximum absolute atomic E-state index is 12.1. The van der Waals surface area contributed by atoms with Gasteiger partial charge < -0.3 is 14.2 Å². The Balaban J connectivity index is 1.96. The Morgan fingerprint density at radius 3 is 2.44 bits per heavy atom. The maximum Gasteiger partial charge on any atom is 0.271 e. The van der Waals surface area contributed by atoms with Crippen LogP contribution in [0.3, 0.4) is 0 Å². The number of hydrogen-bond donors (Lipinski definition) is 1. The van der Waals surface area contributed by atoms with Crippen LogP contribution < -0.4 is 19.6 Å². The van der Waals surface area contributed by atoms with Gasteiger partial charge in [-0.05, 0) is 54.4 Å². The first-order chi connectivity index (χ1) is 12.2. The Morgan fingerprint density at radius 1 is 1.08 bits per heavy atom. The second-order valence-corrected chi connectivity index (χ2v) is 5.19. The standard InChI is InChI=1S/C19H22N2O4/c1-4-11-25-16-8-5-14(6-9-16)13-20-21-19(22)15-7-10-17(23-2)18(12-15)24-3/h5-10,12-13H,4,11H2,1-3H3,(H,21,22). The number of nitrogens with one attached hydrogen (secondary N) is 1. The summed E-state index contributed by atoms with van der Waals surface area (Å²) in [6, 6.07) is 12.4. The molecule has 6 heteroatoms. The van der Waals surface area contributed by atoms with Gasteiger partial charge in [0.05, 0.1) is 27.0 Å². The molecule has 0 saturated carbocycles. The van der Waals surface area contributed by atoms with Gasteiger partial charge in [0.15, 0.2) is 11.5 Å². The molecule has 2 rings (SSSR count). The first-order valence-electron chi connectivity index (χ1n) is 7.96. The Morgan fingerprint density at radius 2 is 1.80 bits per heavy atom. The molecule has 0 aromatic heterocycles. The van der Waals surface area contributed by atoms with E-state index in [9.17, 15) is 4.79 Å². The van der Waals surface area contributed by atoms with Crippen molar-refractivity contribution in [3.8, 4) is 17.2 Å². The molecule has 0 aliphatic heterocycles. The summed E-state index contributed by atoms with van der Waals surface area (Å²) in [5.74, 6) is 1.53. The van der Waals surface area contributed by atoms with Crippen LogP contribution >= 0.6 is 0 Å². The van der Waals surface area contributed by atoms with E-state index in [0.717, 1.165) is 17.7 Å². The zero-order valence-electron chi connectivity index (χ0n) is 14.6. The number of hydrazone groups is 1. The van der Waals surface area contributed by atoms with Crippen LogP contribution in [0.15, 0.2) is 47.6 Å². The van der Waals surface area contributed by atoms with Crippen molar-refractivity contribution in [2.45, 2.75) is 13.3 Å². The molecule has 2 aromatic carbocycles. The lowest BCUT2D eigenvalue weighted by atomic mass is 10.2. The fourth-order valence-electron chi connectivity index (χ4n) is 2.08. The van der Waals surface area contributed by atoms with Crippen LogP contribution in [0.4, 0.5) is 0 Å². The summed E-state index contributed by atoms with van der Waals surface area (Å²) >= 11 is 0. The lowest BCUT2D eigenvalue weighted by Gasteiger charge is -2.08. The van der Waals surface area contributed by atoms with Crippen molar-refractivity contribution in [1.29, 1.82) is 0 Å². The van der Waals surface area contributed by atoms with E-state index in [1.165, 1.54) is 7.11 Å². The highest BCUT2D eigenvalue weighted by atomic mass is 16.5. The number of benzene rings is 2. The number of nitrogens with zero attached hydrogens (tertiary/aromatic N) is 1. The van der Waals surface area contributed by atoms with Crippen LogP contribution in [0.1, 0.15) is 29.3 Å². The van der Waals surface area contributed by atoms with Crippen LogP contribution in [0.5, 0.6) is 17.2 Å². The molecule has 0 aliphatic rings. The molecule has 0 spiro atoms. The largest absolute Gasteiger partial charge is 0.494 e. The molecular formula is C19H22N2O4. The minimum atomic E-state index is -0.333. The number of methoxy groups -OCH3 is 2. The highest BCUT2D eigenvalue weighted by molar-refractivity contribution is 5.95. The van der Waals surface area contributed by atoms with Gasteiger partial charge in [-0.3, -0.25) is 4.79 Å². The summed E-state index contributed by atoms with van der Waals surface area (Å²) in [6.07, 6.45) is 2.54. The molecule has 0 atom stereocenters. The third kappa shape index (κ3) is 5.24. The van der Waals surface area contributed by atoms with E-state index < -0.39 is 0 Å². The van der Waals surface area contributed by atoms with Gasteiger partial charge in [0.1, 0.15) is 5.75 Å². The van der Waals surface area contributed by atoms with E-state index in [1.54, 1.807) is 31.5 Å². The number of hydrogen-bond acceptors (Lipinski definition) is 5. The number of ether oxygens (including phenoxy) is 3. The van der Waals surface area contributed by atoms with E-state index in [-0.39, 0.29) is 5.91 Å². The summed E-state index contributed by atoms with van der Waals surface area (Å²) in [7, 11) is 3.06. The van der Waals surface area contributed by atoms with Gasteiger partial charge in [0.25, 0.3) is 5.91 Å². The van der Waals surface area contributed by atoms with E-state index in [0.29, 0.717) is 23.7 Å². The van der Waals surface area contributed by atoms with Gasteiger partial charge in [0.2, 0.25) is 0 Å². The van der Waals surface area contributed by atoms with Gasteiger partial charge in [0, 0.05) is 5.56 Å². The molecule has 0 aliphatic carbocycles. The predicted octanol–water partition coefficient (Wildman–Crippen LogP) is 3.26. The van der Waals surface area contributed by atoms with Gasteiger partial charge in [-0.1, -0.05) is 6.92 Å². The third-order valence-electron chi connectivity index (χ3n) is 3.38. The van der Waals surface area contributed by atoms with E-state index >= 15 is 0 Å². The number of rotatable bonds is 8. The lowest BCUT2D eigenvalue weighted by Crippen LogP contribution is -2.17. The average molecular weight is 342 g/mol. The molecule has 6 nitrogen and oxygen atoms in total. The molecule has 1 N–H and O–H groups in total. The maximum atomic E-state index is 12.1. The van der Waals surface area contributed by atoms with E-state index in [2.05, 4.69) is 17.5 Å². The van der Waals surface area contributed by atoms with Gasteiger partial charge in [-0.2, -0.15) is 5.10 Å². The second kappa shape index (κ2) is 9.32. The molecule has 1 amide bonds. The first kappa shape index (κ1) is 18.3. The zero-order valence-corrected chi connectivity index (χ0v) is 14.6. The minimum Gasteiger partial charge on any atom is -0.494 e. The molecule has 0 fully saturated rings. The topological polar surface area (TPSA) is 69.2 Å². The number of carbonyl (C=O) groups excluding carboxylic acids is 1. The highest BCUT2D eigenvalue weighted by Crippen LogP contribution is 2.27. The quantitative estimate of drug-likeness (QED) is 0.590. The molecule has 0 radical (unpaired) electrons. The molecule has 25 heavy (non-hydrogen) atoms. The molecule has 0 saturated heterocycles. The second-order valence-electron chi connectivity index (χ2n) is 5.19. The zero-order chi connectivity index (χ0) is 18.1. The molecule has 0 heterocycles. The molecular weight excluding hydrogens is 320 g/mol. The molecule has 0 bridgehead atoms. The Kier molecular flexibility index (Phi) is 6.83. The van der Waals surface area contributed by atoms with Crippen molar-refractivity contribution in [3.05, 3.63) is 53.6 Å². The SMILES string of the molecule is CCCOc1ccc(C=NNC(=O)c2ccc(OC)c(OC)c2)cc1.